The molecule has 125 heavy (non-hydrogen) atoms. The Hall–Kier alpha value is -17.0. The fourth-order valence-electron chi connectivity index (χ4n) is 18.9. The van der Waals surface area contributed by atoms with E-state index in [1.54, 1.807) is 24.5 Å². The number of nitrogens with zero attached hydrogens (tertiary/aromatic N) is 11. The van der Waals surface area contributed by atoms with Gasteiger partial charge in [-0.1, -0.05) is 315 Å². The van der Waals surface area contributed by atoms with E-state index in [2.05, 4.69) is 347 Å². The average Bonchev–Trinajstić information content (AvgIpc) is 1.57. The number of hydrogen-bond donors (Lipinski definition) is 0. The van der Waals surface area contributed by atoms with E-state index in [1.165, 1.54) is 102 Å². The van der Waals surface area contributed by atoms with Gasteiger partial charge < -0.3 is 0 Å². The monoisotopic (exact) mass is 1600 g/mol. The summed E-state index contributed by atoms with van der Waals surface area (Å²) in [5.41, 5.74) is 13.8. The Morgan fingerprint density at radius 2 is 0.536 bits per heavy atom. The number of hydrogen-bond acceptors (Lipinski definition) is 8. The Kier molecular flexibility index (Phi) is 15.2. The van der Waals surface area contributed by atoms with Gasteiger partial charge >= 0.3 is 0 Å². The maximum Gasteiger partial charge on any atom is 0.188 e. The number of benzene rings is 20. The molecule has 27 rings (SSSR count). The van der Waals surface area contributed by atoms with Crippen LogP contribution in [0.25, 0.3) is 247 Å². The average molecular weight is 1600 g/mol. The molecule has 0 N–H and O–H groups in total. The van der Waals surface area contributed by atoms with Crippen molar-refractivity contribution >= 4 is 184 Å². The maximum atomic E-state index is 8.42. The smallest absolute Gasteiger partial charge is 0.188 e. The molecule has 0 saturated carbocycles. The molecule has 7 heterocycles. The van der Waals surface area contributed by atoms with Crippen LogP contribution in [0.3, 0.4) is 0 Å². The lowest BCUT2D eigenvalue weighted by atomic mass is 10.0. The zero-order valence-electron chi connectivity index (χ0n) is 71.9. The van der Waals surface area contributed by atoms with Gasteiger partial charge in [-0.25, -0.2) is 24.9 Å². The first-order chi connectivity index (χ1) is 64.0. The minimum absolute atomic E-state index is 0.164. The summed E-state index contributed by atoms with van der Waals surface area (Å²) in [7, 11) is 0. The van der Waals surface area contributed by atoms with Crippen molar-refractivity contribution in [2.45, 2.75) is 0 Å². The predicted octanol–water partition coefficient (Wildman–Crippen LogP) is 28.9. The summed E-state index contributed by atoms with van der Waals surface area (Å²) in [6, 6.07) is 130. The van der Waals surface area contributed by atoms with E-state index in [0.29, 0.717) is 22.7 Å². The molecule has 7 aromatic heterocycles. The largest absolute Gasteiger partial charge is 0.293 e. The minimum atomic E-state index is -0.409. The zero-order chi connectivity index (χ0) is 86.5. The Bertz CT molecular complexity index is 9470. The van der Waals surface area contributed by atoms with Crippen LogP contribution in [0.2, 0.25) is 0 Å². The summed E-state index contributed by atoms with van der Waals surface area (Å²) < 4.78 is 47.8. The molecule has 0 aliphatic heterocycles. The zero-order valence-corrected chi connectivity index (χ0v) is 66.9. The molecule has 20 aromatic carbocycles. The summed E-state index contributed by atoms with van der Waals surface area (Å²) in [6.45, 7) is 0. The van der Waals surface area contributed by atoms with Crippen LogP contribution in [-0.2, 0) is 0 Å². The van der Waals surface area contributed by atoms with Crippen molar-refractivity contribution in [2.75, 3.05) is 0 Å². The summed E-state index contributed by atoms with van der Waals surface area (Å²) in [6.07, 6.45) is 3.46. The van der Waals surface area contributed by atoms with Crippen molar-refractivity contribution in [3.05, 3.63) is 419 Å². The Morgan fingerprint density at radius 1 is 0.208 bits per heavy atom. The summed E-state index contributed by atoms with van der Waals surface area (Å²) in [5.74, 6) is 3.57. The highest BCUT2D eigenvalue weighted by Crippen LogP contribution is 2.46. The molecule has 0 fully saturated rings. The highest BCUT2D eigenvalue weighted by atomic mass is 15.2. The van der Waals surface area contributed by atoms with Crippen molar-refractivity contribution in [3.8, 4) is 62.6 Å². The lowest BCUT2D eigenvalue weighted by Crippen LogP contribution is -2.04. The SMILES string of the molecule is [2H]c1c([2H])c([2H])c(-c2ccc(-c3nc(-n4c5cc6ccccc6cc5c5c6ccccc6ccc54)c4ccccc4n3)cc2)c([2H])c1[2H].c1ccc2cc(-c3nc(-n4c5cc6ccccc6cc5c5c6ccccc6ccc54)c4ccccc4n3)ccc2c1.c1ccc2cc(-c3nnc(-n4c5cc6ccccc6cc5c5c6ccccc6ccc54)c4nccnc34)ccc2c1. The van der Waals surface area contributed by atoms with Crippen LogP contribution in [-0.4, -0.2) is 53.8 Å². The topological polar surface area (TPSA) is 118 Å². The fourth-order valence-corrected chi connectivity index (χ4v) is 18.9. The summed E-state index contributed by atoms with van der Waals surface area (Å²) >= 11 is 0. The van der Waals surface area contributed by atoms with E-state index >= 15 is 0 Å². The quantitative estimate of drug-likeness (QED) is 0.155. The standard InChI is InChI=1S/C40H25N3.C38H23N3.C36H21N5/c1-2-10-26(11-3-1)27-18-20-29(21-19-27)39-41-35-17-9-8-16-33(35)40(42-39)43-36-23-22-28-12-6-7-15-32(28)38(36)34-24-30-13-4-5-14-31(30)25-37(34)43;1-2-11-26-21-29(18-17-24(26)9-1)37-39-33-16-8-7-15-31(33)38(40-37)41-34-20-19-25-10-5-6-14-30(25)36(34)32-22-27-12-3-4-13-28(27)23-35(32)41;1-2-9-24-19-27(14-13-22(24)7-1)33-34-35(38-18-17-37-34)36(40-39-33)41-30-16-15-23-8-5-6-12-28(23)32(30)29-20-25-10-3-4-11-26(25)21-31(29)41/h1-25H;1-23H;1-21H/i1D,2D,3D,10D,11D;;. The van der Waals surface area contributed by atoms with Gasteiger partial charge in [0.1, 0.15) is 28.4 Å². The van der Waals surface area contributed by atoms with Gasteiger partial charge in [-0.05, 0) is 188 Å². The van der Waals surface area contributed by atoms with E-state index in [9.17, 15) is 0 Å². The third-order valence-electron chi connectivity index (χ3n) is 24.7. The molecular formula is C114H69N11. The molecule has 0 amide bonds. The minimum Gasteiger partial charge on any atom is -0.293 e. The van der Waals surface area contributed by atoms with E-state index in [-0.39, 0.29) is 29.7 Å². The fraction of sp³-hybridized carbons (Fsp3) is 0. The number of para-hydroxylation sites is 2. The Balaban J connectivity index is 0.000000106. The molecule has 0 radical (unpaired) electrons. The molecule has 0 atom stereocenters. The highest BCUT2D eigenvalue weighted by Gasteiger charge is 2.26. The van der Waals surface area contributed by atoms with Crippen LogP contribution in [0.1, 0.15) is 6.85 Å². The van der Waals surface area contributed by atoms with Gasteiger partial charge in [-0.3, -0.25) is 18.7 Å². The number of rotatable bonds is 7. The third kappa shape index (κ3) is 11.8. The van der Waals surface area contributed by atoms with Crippen LogP contribution < -0.4 is 0 Å². The van der Waals surface area contributed by atoms with E-state index in [4.69, 9.17) is 47.0 Å². The van der Waals surface area contributed by atoms with E-state index < -0.39 is 6.04 Å². The molecule has 11 heteroatoms. The van der Waals surface area contributed by atoms with Crippen LogP contribution in [0, 0.1) is 0 Å². The summed E-state index contributed by atoms with van der Waals surface area (Å²) in [5, 5.41) is 37.9. The van der Waals surface area contributed by atoms with Gasteiger partial charge in [0.05, 0.1) is 51.0 Å². The van der Waals surface area contributed by atoms with Crippen LogP contribution >= 0.6 is 0 Å². The lowest BCUT2D eigenvalue weighted by molar-refractivity contribution is 0.965. The van der Waals surface area contributed by atoms with Crippen LogP contribution in [0.4, 0.5) is 0 Å². The normalized spacial score (nSPS) is 12.4. The second-order valence-electron chi connectivity index (χ2n) is 31.8. The molecule has 0 aliphatic carbocycles. The van der Waals surface area contributed by atoms with Crippen molar-refractivity contribution < 1.29 is 6.85 Å². The first-order valence-corrected chi connectivity index (χ1v) is 41.8. The maximum absolute atomic E-state index is 8.42. The van der Waals surface area contributed by atoms with E-state index in [1.807, 2.05) is 30.3 Å². The van der Waals surface area contributed by atoms with Gasteiger partial charge in [0.2, 0.25) is 0 Å². The predicted molar refractivity (Wildman–Crippen MR) is 519 cm³/mol. The Morgan fingerprint density at radius 3 is 0.984 bits per heavy atom. The second-order valence-corrected chi connectivity index (χ2v) is 31.8. The summed E-state index contributed by atoms with van der Waals surface area (Å²) in [4.78, 5) is 30.2. The molecule has 27 aromatic rings. The first-order valence-electron chi connectivity index (χ1n) is 44.3. The number of aromatic nitrogens is 11. The molecular weight excluding hydrogens is 1520 g/mol. The third-order valence-corrected chi connectivity index (χ3v) is 24.7. The van der Waals surface area contributed by atoms with Crippen molar-refractivity contribution in [2.24, 2.45) is 0 Å². The van der Waals surface area contributed by atoms with Crippen LogP contribution in [0.5, 0.6) is 0 Å². The van der Waals surface area contributed by atoms with Gasteiger partial charge in [0.25, 0.3) is 0 Å². The molecule has 0 saturated heterocycles. The first kappa shape index (κ1) is 65.9. The number of fused-ring (bicyclic) bond motifs is 23. The van der Waals surface area contributed by atoms with Crippen molar-refractivity contribution in [1.29, 1.82) is 0 Å². The van der Waals surface area contributed by atoms with Gasteiger partial charge in [-0.2, -0.15) is 0 Å². The molecule has 0 spiro atoms. The molecule has 0 aliphatic rings. The van der Waals surface area contributed by atoms with Crippen LogP contribution in [0.15, 0.2) is 419 Å². The van der Waals surface area contributed by atoms with Gasteiger partial charge in [0.15, 0.2) is 17.5 Å². The van der Waals surface area contributed by atoms with Crippen molar-refractivity contribution in [1.82, 2.24) is 53.8 Å². The second kappa shape index (κ2) is 28.9. The molecule has 0 bridgehead atoms. The van der Waals surface area contributed by atoms with Crippen molar-refractivity contribution in [3.63, 3.8) is 0 Å². The lowest BCUT2D eigenvalue weighted by Gasteiger charge is -2.13. The molecule has 11 nitrogen and oxygen atoms in total. The van der Waals surface area contributed by atoms with E-state index in [0.717, 1.165) is 116 Å². The van der Waals surface area contributed by atoms with Gasteiger partial charge in [0, 0.05) is 72.2 Å². The highest BCUT2D eigenvalue weighted by molar-refractivity contribution is 6.27. The molecule has 580 valence electrons. The molecule has 0 unspecified atom stereocenters. The Labute approximate surface area is 722 Å². The van der Waals surface area contributed by atoms with Gasteiger partial charge in [-0.15, -0.1) is 10.2 Å².